The van der Waals surface area contributed by atoms with E-state index in [1.165, 1.54) is 18.4 Å². The van der Waals surface area contributed by atoms with Gasteiger partial charge >= 0.3 is 0 Å². The molecule has 0 atom stereocenters. The maximum absolute atomic E-state index is 13.2. The van der Waals surface area contributed by atoms with E-state index in [0.29, 0.717) is 5.76 Å². The van der Waals surface area contributed by atoms with Crippen LogP contribution in [0.5, 0.6) is 5.75 Å². The summed E-state index contributed by atoms with van der Waals surface area (Å²) in [5.74, 6) is 0.256. The third kappa shape index (κ3) is 2.04. The second-order valence-corrected chi connectivity index (χ2v) is 3.09. The number of rotatable bonds is 3. The van der Waals surface area contributed by atoms with Crippen LogP contribution in [-0.4, -0.2) is 0 Å². The van der Waals surface area contributed by atoms with Crippen LogP contribution in [-0.2, 0) is 6.61 Å². The van der Waals surface area contributed by atoms with Gasteiger partial charge in [0.2, 0.25) is 0 Å². The zero-order valence-electron chi connectivity index (χ0n) is 8.31. The van der Waals surface area contributed by atoms with Gasteiger partial charge in [0.05, 0.1) is 6.26 Å². The first kappa shape index (κ1) is 10.2. The lowest BCUT2D eigenvalue weighted by atomic mass is 10.2. The molecule has 3 nitrogen and oxygen atoms in total. The Kier molecular flexibility index (Phi) is 2.88. The van der Waals surface area contributed by atoms with Gasteiger partial charge in [0, 0.05) is 0 Å². The van der Waals surface area contributed by atoms with Crippen molar-refractivity contribution in [2.45, 2.75) is 6.61 Å². The quantitative estimate of drug-likeness (QED) is 0.794. The van der Waals surface area contributed by atoms with Crippen LogP contribution in [0, 0.1) is 17.1 Å². The zero-order chi connectivity index (χ0) is 11.4. The molecule has 1 heterocycles. The maximum Gasteiger partial charge on any atom is 0.146 e. The van der Waals surface area contributed by atoms with Gasteiger partial charge in [-0.15, -0.1) is 0 Å². The van der Waals surface area contributed by atoms with Crippen LogP contribution in [0.25, 0.3) is 0 Å². The Hall–Kier alpha value is -2.28. The highest BCUT2D eigenvalue weighted by molar-refractivity contribution is 5.43. The lowest BCUT2D eigenvalue weighted by Crippen LogP contribution is -1.97. The molecule has 0 aliphatic heterocycles. The average molecular weight is 217 g/mol. The van der Waals surface area contributed by atoms with Crippen LogP contribution in [0.15, 0.2) is 41.0 Å². The van der Waals surface area contributed by atoms with Crippen molar-refractivity contribution in [3.8, 4) is 11.8 Å². The van der Waals surface area contributed by atoms with Gasteiger partial charge in [0.15, 0.2) is 0 Å². The molecule has 4 heteroatoms. The molecule has 1 aromatic heterocycles. The van der Waals surface area contributed by atoms with E-state index in [9.17, 15) is 4.39 Å². The summed E-state index contributed by atoms with van der Waals surface area (Å²) in [6, 6.07) is 9.50. The number of hydrogen-bond donors (Lipinski definition) is 0. The van der Waals surface area contributed by atoms with Gasteiger partial charge in [-0.05, 0) is 24.3 Å². The molecule has 2 aromatic rings. The molecule has 0 fully saturated rings. The summed E-state index contributed by atoms with van der Waals surface area (Å²) >= 11 is 0. The van der Waals surface area contributed by atoms with Gasteiger partial charge < -0.3 is 9.15 Å². The number of furan rings is 1. The Balaban J connectivity index is 2.16. The fourth-order valence-electron chi connectivity index (χ4n) is 1.28. The molecule has 0 aliphatic rings. The first-order chi connectivity index (χ1) is 7.81. The standard InChI is InChI=1S/C12H8FNO2/c13-11-4-1-5-12(10(11)7-14)16-8-9-3-2-6-15-9/h1-6H,8H2. The summed E-state index contributed by atoms with van der Waals surface area (Å²) in [6.45, 7) is 0.172. The highest BCUT2D eigenvalue weighted by Gasteiger charge is 2.09. The van der Waals surface area contributed by atoms with Gasteiger partial charge in [-0.1, -0.05) is 6.07 Å². The number of benzene rings is 1. The number of halogens is 1. The first-order valence-corrected chi connectivity index (χ1v) is 4.65. The summed E-state index contributed by atoms with van der Waals surface area (Å²) in [7, 11) is 0. The number of nitrogens with zero attached hydrogens (tertiary/aromatic N) is 1. The normalized spacial score (nSPS) is 9.75. The van der Waals surface area contributed by atoms with E-state index in [-0.39, 0.29) is 17.9 Å². The first-order valence-electron chi connectivity index (χ1n) is 4.65. The molecule has 0 radical (unpaired) electrons. The summed E-state index contributed by atoms with van der Waals surface area (Å²) in [5, 5.41) is 8.76. The SMILES string of the molecule is N#Cc1c(F)cccc1OCc1ccco1. The molecular formula is C12H8FNO2. The van der Waals surface area contributed by atoms with Crippen LogP contribution >= 0.6 is 0 Å². The van der Waals surface area contributed by atoms with Crippen molar-refractivity contribution < 1.29 is 13.5 Å². The van der Waals surface area contributed by atoms with E-state index in [1.807, 2.05) is 0 Å². The van der Waals surface area contributed by atoms with Crippen LogP contribution in [0.3, 0.4) is 0 Å². The van der Waals surface area contributed by atoms with Crippen molar-refractivity contribution in [3.63, 3.8) is 0 Å². The smallest absolute Gasteiger partial charge is 0.146 e. The van der Waals surface area contributed by atoms with E-state index >= 15 is 0 Å². The number of hydrogen-bond acceptors (Lipinski definition) is 3. The molecule has 0 N–H and O–H groups in total. The Morgan fingerprint density at radius 3 is 2.88 bits per heavy atom. The molecule has 0 saturated carbocycles. The van der Waals surface area contributed by atoms with Crippen molar-refractivity contribution in [1.82, 2.24) is 0 Å². The van der Waals surface area contributed by atoms with Crippen LogP contribution in [0.2, 0.25) is 0 Å². The van der Waals surface area contributed by atoms with Crippen molar-refractivity contribution >= 4 is 0 Å². The minimum atomic E-state index is -0.584. The Morgan fingerprint density at radius 1 is 1.31 bits per heavy atom. The van der Waals surface area contributed by atoms with E-state index in [0.717, 1.165) is 0 Å². The number of ether oxygens (including phenoxy) is 1. The fourth-order valence-corrected chi connectivity index (χ4v) is 1.28. The molecule has 0 aliphatic carbocycles. The molecule has 0 saturated heterocycles. The van der Waals surface area contributed by atoms with Gasteiger partial charge in [0.1, 0.15) is 35.6 Å². The van der Waals surface area contributed by atoms with E-state index in [4.69, 9.17) is 14.4 Å². The third-order valence-corrected chi connectivity index (χ3v) is 2.04. The minimum Gasteiger partial charge on any atom is -0.484 e. The van der Waals surface area contributed by atoms with Crippen molar-refractivity contribution in [2.24, 2.45) is 0 Å². The van der Waals surface area contributed by atoms with Gasteiger partial charge in [-0.3, -0.25) is 0 Å². The molecule has 0 bridgehead atoms. The maximum atomic E-state index is 13.2. The average Bonchev–Trinajstić information content (AvgIpc) is 2.79. The van der Waals surface area contributed by atoms with Gasteiger partial charge in [0.25, 0.3) is 0 Å². The minimum absolute atomic E-state index is 0.0888. The molecule has 0 spiro atoms. The Bertz CT molecular complexity index is 514. The Morgan fingerprint density at radius 2 is 2.19 bits per heavy atom. The highest BCUT2D eigenvalue weighted by Crippen LogP contribution is 2.21. The van der Waals surface area contributed by atoms with Gasteiger partial charge in [-0.2, -0.15) is 5.26 Å². The topological polar surface area (TPSA) is 46.2 Å². The molecular weight excluding hydrogens is 209 g/mol. The molecule has 80 valence electrons. The summed E-state index contributed by atoms with van der Waals surface area (Å²) in [5.41, 5.74) is -0.0888. The molecule has 2 rings (SSSR count). The van der Waals surface area contributed by atoms with E-state index in [1.54, 1.807) is 24.3 Å². The van der Waals surface area contributed by atoms with E-state index < -0.39 is 5.82 Å². The fraction of sp³-hybridized carbons (Fsp3) is 0.0833. The van der Waals surface area contributed by atoms with Crippen LogP contribution < -0.4 is 4.74 Å². The molecule has 1 aromatic carbocycles. The molecule has 16 heavy (non-hydrogen) atoms. The summed E-state index contributed by atoms with van der Waals surface area (Å²) in [6.07, 6.45) is 1.52. The van der Waals surface area contributed by atoms with Crippen LogP contribution in [0.1, 0.15) is 11.3 Å². The number of nitriles is 1. The third-order valence-electron chi connectivity index (χ3n) is 2.04. The second-order valence-electron chi connectivity index (χ2n) is 3.09. The lowest BCUT2D eigenvalue weighted by molar-refractivity contribution is 0.268. The van der Waals surface area contributed by atoms with Gasteiger partial charge in [-0.25, -0.2) is 4.39 Å². The predicted octanol–water partition coefficient (Wildman–Crippen LogP) is 2.87. The van der Waals surface area contributed by atoms with Crippen molar-refractivity contribution in [1.29, 1.82) is 5.26 Å². The van der Waals surface area contributed by atoms with E-state index in [2.05, 4.69) is 0 Å². The lowest BCUT2D eigenvalue weighted by Gasteiger charge is -2.06. The van der Waals surface area contributed by atoms with Crippen molar-refractivity contribution in [2.75, 3.05) is 0 Å². The molecule has 0 amide bonds. The Labute approximate surface area is 91.7 Å². The van der Waals surface area contributed by atoms with Crippen molar-refractivity contribution in [3.05, 3.63) is 53.7 Å². The monoisotopic (exact) mass is 217 g/mol. The largest absolute Gasteiger partial charge is 0.484 e. The zero-order valence-corrected chi connectivity index (χ0v) is 8.31. The van der Waals surface area contributed by atoms with Crippen LogP contribution in [0.4, 0.5) is 4.39 Å². The summed E-state index contributed by atoms with van der Waals surface area (Å²) in [4.78, 5) is 0. The summed E-state index contributed by atoms with van der Waals surface area (Å²) < 4.78 is 23.5. The molecule has 0 unspecified atom stereocenters. The predicted molar refractivity (Wildman–Crippen MR) is 54.2 cm³/mol. The highest BCUT2D eigenvalue weighted by atomic mass is 19.1. The second kappa shape index (κ2) is 4.49.